The van der Waals surface area contributed by atoms with Gasteiger partial charge in [0.25, 0.3) is 0 Å². The molecule has 0 saturated heterocycles. The molecule has 1 aromatic rings. The number of hydrogen-bond donors (Lipinski definition) is 1. The summed E-state index contributed by atoms with van der Waals surface area (Å²) in [7, 11) is 1.72. The molecule has 0 unspecified atom stereocenters. The Labute approximate surface area is 110 Å². The van der Waals surface area contributed by atoms with Crippen molar-refractivity contribution >= 4 is 0 Å². The summed E-state index contributed by atoms with van der Waals surface area (Å²) in [5.41, 5.74) is 1.24. The molecule has 0 bridgehead atoms. The van der Waals surface area contributed by atoms with E-state index in [0.717, 1.165) is 32.8 Å². The summed E-state index contributed by atoms with van der Waals surface area (Å²) in [4.78, 5) is 0. The highest BCUT2D eigenvalue weighted by Crippen LogP contribution is 2.07. The van der Waals surface area contributed by atoms with Gasteiger partial charge in [-0.15, -0.1) is 0 Å². The fourth-order valence-electron chi connectivity index (χ4n) is 1.60. The van der Waals surface area contributed by atoms with Gasteiger partial charge in [0.05, 0.1) is 18.8 Å². The van der Waals surface area contributed by atoms with E-state index in [1.54, 1.807) is 7.11 Å². The van der Waals surface area contributed by atoms with Crippen molar-refractivity contribution in [2.75, 3.05) is 26.9 Å². The zero-order chi connectivity index (χ0) is 13.4. The summed E-state index contributed by atoms with van der Waals surface area (Å²) in [5, 5.41) is 3.33. The number of hydrogen-bond acceptors (Lipinski definition) is 3. The smallest absolute Gasteiger partial charge is 0.0652 e. The van der Waals surface area contributed by atoms with E-state index >= 15 is 0 Å². The molecule has 0 saturated carbocycles. The molecule has 18 heavy (non-hydrogen) atoms. The Morgan fingerprint density at radius 3 is 2.72 bits per heavy atom. The van der Waals surface area contributed by atoms with Crippen LogP contribution in [0.5, 0.6) is 0 Å². The monoisotopic (exact) mass is 254 g/mol. The zero-order valence-electron chi connectivity index (χ0n) is 12.0. The van der Waals surface area contributed by atoms with Gasteiger partial charge in [-0.3, -0.25) is 0 Å². The lowest BCUT2D eigenvalue weighted by Crippen LogP contribution is -2.21. The summed E-state index contributed by atoms with van der Waals surface area (Å²) < 4.78 is 12.9. The van der Waals surface area contributed by atoms with Crippen LogP contribution in [0, 0.1) is 0 Å². The van der Waals surface area contributed by atoms with Crippen molar-refractivity contribution in [1.29, 1.82) is 0 Å². The summed E-state index contributed by atoms with van der Waals surface area (Å²) in [6.07, 6.45) is 4.26. The summed E-state index contributed by atoms with van der Waals surface area (Å²) in [6.45, 7) is 10.4. The standard InChI is InChI=1S/C14H26N2O2/c1-14(2,3)18-10-8-16-7-5-13(12-16)11-15-6-9-17-4/h5,7,12,15H,6,8-11H2,1-4H3. The van der Waals surface area contributed by atoms with E-state index in [2.05, 4.69) is 49.1 Å². The van der Waals surface area contributed by atoms with Crippen LogP contribution in [0.3, 0.4) is 0 Å². The average Bonchev–Trinajstić information content (AvgIpc) is 2.71. The van der Waals surface area contributed by atoms with E-state index in [9.17, 15) is 0 Å². The Kier molecular flexibility index (Phi) is 6.39. The van der Waals surface area contributed by atoms with Crippen molar-refractivity contribution in [3.63, 3.8) is 0 Å². The summed E-state index contributed by atoms with van der Waals surface area (Å²) >= 11 is 0. The largest absolute Gasteiger partial charge is 0.383 e. The third-order valence-electron chi connectivity index (χ3n) is 2.51. The third kappa shape index (κ3) is 6.79. The highest BCUT2D eigenvalue weighted by atomic mass is 16.5. The SMILES string of the molecule is COCCNCc1ccn(CCOC(C)(C)C)c1. The minimum Gasteiger partial charge on any atom is -0.383 e. The van der Waals surface area contributed by atoms with Gasteiger partial charge < -0.3 is 19.4 Å². The zero-order valence-corrected chi connectivity index (χ0v) is 12.0. The van der Waals surface area contributed by atoms with E-state index in [1.807, 2.05) is 0 Å². The van der Waals surface area contributed by atoms with Gasteiger partial charge in [-0.2, -0.15) is 0 Å². The fourth-order valence-corrected chi connectivity index (χ4v) is 1.60. The van der Waals surface area contributed by atoms with Crippen LogP contribution in [0.4, 0.5) is 0 Å². The van der Waals surface area contributed by atoms with Crippen molar-refractivity contribution in [2.24, 2.45) is 0 Å². The molecular formula is C14H26N2O2. The lowest BCUT2D eigenvalue weighted by atomic mass is 10.2. The number of nitrogens with zero attached hydrogens (tertiary/aromatic N) is 1. The van der Waals surface area contributed by atoms with Gasteiger partial charge in [0.1, 0.15) is 0 Å². The highest BCUT2D eigenvalue weighted by molar-refractivity contribution is 5.09. The van der Waals surface area contributed by atoms with Crippen molar-refractivity contribution in [1.82, 2.24) is 9.88 Å². The minimum atomic E-state index is -0.0578. The first-order valence-electron chi connectivity index (χ1n) is 6.49. The number of aromatic nitrogens is 1. The van der Waals surface area contributed by atoms with Crippen molar-refractivity contribution in [3.8, 4) is 0 Å². The van der Waals surface area contributed by atoms with Gasteiger partial charge >= 0.3 is 0 Å². The average molecular weight is 254 g/mol. The van der Waals surface area contributed by atoms with E-state index in [4.69, 9.17) is 9.47 Å². The van der Waals surface area contributed by atoms with Crippen LogP contribution < -0.4 is 5.32 Å². The maximum Gasteiger partial charge on any atom is 0.0652 e. The first kappa shape index (κ1) is 15.2. The topological polar surface area (TPSA) is 35.4 Å². The Morgan fingerprint density at radius 1 is 1.28 bits per heavy atom. The van der Waals surface area contributed by atoms with E-state index in [-0.39, 0.29) is 5.60 Å². The molecule has 4 heteroatoms. The van der Waals surface area contributed by atoms with Crippen LogP contribution in [-0.2, 0) is 22.6 Å². The molecule has 104 valence electrons. The molecule has 1 heterocycles. The number of ether oxygens (including phenoxy) is 2. The molecule has 0 atom stereocenters. The Hall–Kier alpha value is -0.840. The van der Waals surface area contributed by atoms with Crippen LogP contribution in [0.15, 0.2) is 18.5 Å². The maximum absolute atomic E-state index is 5.70. The predicted molar refractivity (Wildman–Crippen MR) is 73.7 cm³/mol. The van der Waals surface area contributed by atoms with Crippen molar-refractivity contribution in [3.05, 3.63) is 24.0 Å². The van der Waals surface area contributed by atoms with Crippen LogP contribution in [0.2, 0.25) is 0 Å². The third-order valence-corrected chi connectivity index (χ3v) is 2.51. The van der Waals surface area contributed by atoms with E-state index in [0.29, 0.717) is 0 Å². The van der Waals surface area contributed by atoms with Crippen LogP contribution in [0.1, 0.15) is 26.3 Å². The van der Waals surface area contributed by atoms with E-state index in [1.165, 1.54) is 5.56 Å². The molecule has 0 amide bonds. The number of rotatable bonds is 8. The quantitative estimate of drug-likeness (QED) is 0.721. The predicted octanol–water partition coefficient (Wildman–Crippen LogP) is 2.04. The van der Waals surface area contributed by atoms with Gasteiger partial charge in [0.2, 0.25) is 0 Å². The van der Waals surface area contributed by atoms with Crippen LogP contribution in [-0.4, -0.2) is 37.0 Å². The summed E-state index contributed by atoms with van der Waals surface area (Å²) in [5.74, 6) is 0. The van der Waals surface area contributed by atoms with Gasteiger partial charge in [-0.1, -0.05) is 0 Å². The van der Waals surface area contributed by atoms with Crippen LogP contribution in [0.25, 0.3) is 0 Å². The minimum absolute atomic E-state index is 0.0578. The first-order valence-corrected chi connectivity index (χ1v) is 6.49. The molecule has 0 aliphatic rings. The second kappa shape index (κ2) is 7.56. The molecule has 0 aromatic carbocycles. The van der Waals surface area contributed by atoms with Gasteiger partial charge in [-0.25, -0.2) is 0 Å². The molecular weight excluding hydrogens is 228 g/mol. The Balaban J connectivity index is 2.21. The van der Waals surface area contributed by atoms with Gasteiger partial charge in [0, 0.05) is 39.1 Å². The normalized spacial score (nSPS) is 12.0. The lowest BCUT2D eigenvalue weighted by molar-refractivity contribution is -0.00679. The fraction of sp³-hybridized carbons (Fsp3) is 0.714. The summed E-state index contributed by atoms with van der Waals surface area (Å²) in [6, 6.07) is 2.14. The maximum atomic E-state index is 5.70. The highest BCUT2D eigenvalue weighted by Gasteiger charge is 2.09. The Bertz CT molecular complexity index is 329. The second-order valence-corrected chi connectivity index (χ2v) is 5.39. The van der Waals surface area contributed by atoms with Gasteiger partial charge in [-0.05, 0) is 32.4 Å². The lowest BCUT2D eigenvalue weighted by Gasteiger charge is -2.19. The van der Waals surface area contributed by atoms with Crippen molar-refractivity contribution < 1.29 is 9.47 Å². The van der Waals surface area contributed by atoms with Crippen molar-refractivity contribution in [2.45, 2.75) is 39.5 Å². The van der Waals surface area contributed by atoms with Gasteiger partial charge in [0.15, 0.2) is 0 Å². The number of methoxy groups -OCH3 is 1. The molecule has 0 fully saturated rings. The molecule has 1 aromatic heterocycles. The molecule has 1 N–H and O–H groups in total. The molecule has 0 aliphatic carbocycles. The molecule has 0 aliphatic heterocycles. The van der Waals surface area contributed by atoms with E-state index < -0.39 is 0 Å². The molecule has 0 radical (unpaired) electrons. The number of nitrogens with one attached hydrogen (secondary N) is 1. The molecule has 4 nitrogen and oxygen atoms in total. The van der Waals surface area contributed by atoms with Crippen LogP contribution >= 0.6 is 0 Å². The second-order valence-electron chi connectivity index (χ2n) is 5.39. The Morgan fingerprint density at radius 2 is 2.06 bits per heavy atom. The molecule has 1 rings (SSSR count). The molecule has 0 spiro atoms. The first-order chi connectivity index (χ1) is 8.51.